The molecule has 0 saturated carbocycles. The van der Waals surface area contributed by atoms with Crippen molar-refractivity contribution in [2.24, 2.45) is 0 Å². The highest BCUT2D eigenvalue weighted by Gasteiger charge is 2.31. The first-order valence-electron chi connectivity index (χ1n) is 14.4. The zero-order chi connectivity index (χ0) is 29.2. The minimum atomic E-state index is -0.363. The normalized spacial score (nSPS) is 19.6. The van der Waals surface area contributed by atoms with E-state index in [0.717, 1.165) is 37.2 Å². The number of hydrogen-bond donors (Lipinski definition) is 3. The highest BCUT2D eigenvalue weighted by atomic mass is 19.1. The van der Waals surface area contributed by atoms with Gasteiger partial charge in [-0.05, 0) is 94.5 Å². The molecule has 40 heavy (non-hydrogen) atoms. The van der Waals surface area contributed by atoms with Crippen molar-refractivity contribution in [3.8, 4) is 0 Å². The van der Waals surface area contributed by atoms with Crippen molar-refractivity contribution < 1.29 is 14.0 Å². The first-order valence-corrected chi connectivity index (χ1v) is 14.4. The van der Waals surface area contributed by atoms with Crippen molar-refractivity contribution in [3.05, 3.63) is 93.7 Å². The first-order chi connectivity index (χ1) is 19.3. The van der Waals surface area contributed by atoms with Gasteiger partial charge in [0.2, 0.25) is 0 Å². The number of nitrogens with one attached hydrogen (secondary N) is 3. The molecule has 3 N–H and O–H groups in total. The fraction of sp³-hybridized carbons (Fsp3) is 0.394. The molecule has 3 saturated heterocycles. The number of aromatic nitrogens is 1. The van der Waals surface area contributed by atoms with Gasteiger partial charge in [0.25, 0.3) is 11.8 Å². The maximum Gasteiger partial charge on any atom is 0.256 e. The van der Waals surface area contributed by atoms with Crippen LogP contribution in [0.3, 0.4) is 0 Å². The molecule has 0 atom stereocenters. The lowest BCUT2D eigenvalue weighted by molar-refractivity contribution is -0.115. The summed E-state index contributed by atoms with van der Waals surface area (Å²) in [6, 6.07) is 6.23. The number of rotatable bonds is 4. The number of likely N-dealkylation sites (tertiary alicyclic amines) is 1. The number of aryl methyl sites for hydroxylation is 1. The summed E-state index contributed by atoms with van der Waals surface area (Å²) in [5.41, 5.74) is 5.97. The molecule has 3 aliphatic heterocycles. The quantitative estimate of drug-likeness (QED) is 0.385. The summed E-state index contributed by atoms with van der Waals surface area (Å²) in [4.78, 5) is 31.2. The van der Waals surface area contributed by atoms with E-state index in [1.54, 1.807) is 24.3 Å². The third-order valence-corrected chi connectivity index (χ3v) is 7.26. The number of H-pyrrole nitrogens is 1. The zero-order valence-electron chi connectivity index (χ0n) is 24.5. The maximum atomic E-state index is 13.9. The van der Waals surface area contributed by atoms with E-state index in [1.165, 1.54) is 38.1 Å². The molecule has 4 heterocycles. The van der Waals surface area contributed by atoms with Gasteiger partial charge in [-0.15, -0.1) is 0 Å². The number of carbonyl (C=O) groups is 2. The Balaban J connectivity index is 0.000000558. The summed E-state index contributed by atoms with van der Waals surface area (Å²) in [6.45, 7) is 17.6. The van der Waals surface area contributed by atoms with Gasteiger partial charge in [0.1, 0.15) is 5.82 Å². The average molecular weight is 547 g/mol. The van der Waals surface area contributed by atoms with Crippen LogP contribution in [0.15, 0.2) is 59.8 Å². The Labute approximate surface area is 238 Å². The van der Waals surface area contributed by atoms with Gasteiger partial charge in [-0.2, -0.15) is 0 Å². The predicted octanol–water partition coefficient (Wildman–Crippen LogP) is 6.46. The predicted molar refractivity (Wildman–Crippen MR) is 162 cm³/mol. The second kappa shape index (κ2) is 14.6. The monoisotopic (exact) mass is 546 g/mol. The molecule has 7 heteroatoms. The summed E-state index contributed by atoms with van der Waals surface area (Å²) in [7, 11) is 0. The topological polar surface area (TPSA) is 77.2 Å². The van der Waals surface area contributed by atoms with E-state index >= 15 is 0 Å². The molecule has 2 aromatic rings. The molecule has 214 valence electrons. The lowest BCUT2D eigenvalue weighted by Gasteiger charge is -2.15. The molecular formula is C33H43FN4O2. The lowest BCUT2D eigenvalue weighted by Crippen LogP contribution is -2.28. The van der Waals surface area contributed by atoms with E-state index < -0.39 is 0 Å². The van der Waals surface area contributed by atoms with Gasteiger partial charge in [-0.25, -0.2) is 4.39 Å². The SMILES string of the molecule is C1CCNC1.C=C/C(=C1C(=C/c2[nH]c(C)c(C(=O)N3CCCC3)c2C)/C(=O)NC/1=C/C)c1cccc(F)c1.CC. The molecule has 0 aliphatic carbocycles. The molecule has 0 bridgehead atoms. The molecular weight excluding hydrogens is 503 g/mol. The Hall–Kier alpha value is -3.71. The number of aromatic amines is 1. The van der Waals surface area contributed by atoms with Crippen molar-refractivity contribution in [2.75, 3.05) is 26.2 Å². The van der Waals surface area contributed by atoms with Gasteiger partial charge < -0.3 is 20.5 Å². The molecule has 1 aromatic heterocycles. The largest absolute Gasteiger partial charge is 0.358 e. The van der Waals surface area contributed by atoms with E-state index in [-0.39, 0.29) is 17.6 Å². The molecule has 0 radical (unpaired) electrons. The zero-order valence-corrected chi connectivity index (χ0v) is 24.5. The number of nitrogens with zero attached hydrogens (tertiary/aromatic N) is 1. The van der Waals surface area contributed by atoms with Crippen LogP contribution in [-0.4, -0.2) is 47.9 Å². The molecule has 5 rings (SSSR count). The van der Waals surface area contributed by atoms with Gasteiger partial charge in [-0.1, -0.05) is 44.7 Å². The van der Waals surface area contributed by atoms with E-state index in [9.17, 15) is 14.0 Å². The fourth-order valence-corrected chi connectivity index (χ4v) is 5.26. The van der Waals surface area contributed by atoms with Crippen LogP contribution in [0.1, 0.15) is 79.3 Å². The summed E-state index contributed by atoms with van der Waals surface area (Å²) in [5, 5.41) is 6.12. The van der Waals surface area contributed by atoms with E-state index in [1.807, 2.05) is 45.6 Å². The van der Waals surface area contributed by atoms with Crippen LogP contribution in [0.2, 0.25) is 0 Å². The molecule has 2 amide bonds. The van der Waals surface area contributed by atoms with Gasteiger partial charge >= 0.3 is 0 Å². The minimum absolute atomic E-state index is 0.0238. The number of allylic oxidation sites excluding steroid dienone is 4. The number of carbonyl (C=O) groups excluding carboxylic acids is 2. The minimum Gasteiger partial charge on any atom is -0.358 e. The number of amides is 2. The highest BCUT2D eigenvalue weighted by molar-refractivity contribution is 6.12. The summed E-state index contributed by atoms with van der Waals surface area (Å²) < 4.78 is 13.9. The van der Waals surface area contributed by atoms with Gasteiger partial charge in [0.15, 0.2) is 0 Å². The highest BCUT2D eigenvalue weighted by Crippen LogP contribution is 2.36. The first kappa shape index (κ1) is 30.8. The molecule has 3 aliphatic rings. The van der Waals surface area contributed by atoms with Crippen molar-refractivity contribution in [1.29, 1.82) is 0 Å². The van der Waals surface area contributed by atoms with Crippen LogP contribution in [0.25, 0.3) is 11.6 Å². The number of hydrogen-bond acceptors (Lipinski definition) is 3. The van der Waals surface area contributed by atoms with Crippen LogP contribution in [0.4, 0.5) is 4.39 Å². The van der Waals surface area contributed by atoms with Crippen molar-refractivity contribution in [2.45, 2.75) is 60.3 Å². The van der Waals surface area contributed by atoms with Gasteiger partial charge in [0.05, 0.1) is 11.1 Å². The van der Waals surface area contributed by atoms with Gasteiger partial charge in [0, 0.05) is 35.7 Å². The standard InChI is InChI=1S/C27H28FN3O2.C4H9N.C2H6/c1-5-20(18-10-9-11-19(28)14-18)25-21(26(32)30-22(25)6-2)15-23-16(3)24(17(4)29-23)27(33)31-12-7-8-13-31;1-2-4-5-3-1;1-2/h5-6,9-11,14-15,29H,1,7-8,12-13H2,2-4H3,(H,30,32);5H,1-4H2;1-2H3/b21-15-,22-6+,25-20+;;. The van der Waals surface area contributed by atoms with E-state index in [2.05, 4.69) is 22.2 Å². The number of benzene rings is 1. The fourth-order valence-electron chi connectivity index (χ4n) is 5.26. The third kappa shape index (κ3) is 6.89. The Morgan fingerprint density at radius 2 is 1.75 bits per heavy atom. The van der Waals surface area contributed by atoms with E-state index in [4.69, 9.17) is 0 Å². The third-order valence-electron chi connectivity index (χ3n) is 7.26. The Morgan fingerprint density at radius 3 is 2.30 bits per heavy atom. The lowest BCUT2D eigenvalue weighted by atomic mass is 9.93. The molecule has 3 fully saturated rings. The van der Waals surface area contributed by atoms with Crippen LogP contribution >= 0.6 is 0 Å². The van der Waals surface area contributed by atoms with Crippen molar-refractivity contribution in [1.82, 2.24) is 20.5 Å². The number of halogens is 1. The maximum absolute atomic E-state index is 13.9. The summed E-state index contributed by atoms with van der Waals surface area (Å²) in [5.74, 6) is -0.596. The summed E-state index contributed by atoms with van der Waals surface area (Å²) >= 11 is 0. The Morgan fingerprint density at radius 1 is 1.07 bits per heavy atom. The smallest absolute Gasteiger partial charge is 0.256 e. The van der Waals surface area contributed by atoms with Crippen LogP contribution in [0, 0.1) is 19.7 Å². The van der Waals surface area contributed by atoms with Crippen molar-refractivity contribution >= 4 is 23.5 Å². The summed E-state index contributed by atoms with van der Waals surface area (Å²) in [6.07, 6.45) is 10.0. The second-order valence-corrected chi connectivity index (χ2v) is 9.84. The van der Waals surface area contributed by atoms with Crippen LogP contribution in [0.5, 0.6) is 0 Å². The van der Waals surface area contributed by atoms with Crippen LogP contribution in [-0.2, 0) is 4.79 Å². The molecule has 1 aromatic carbocycles. The second-order valence-electron chi connectivity index (χ2n) is 9.84. The molecule has 0 spiro atoms. The Bertz CT molecular complexity index is 1310. The van der Waals surface area contributed by atoms with Crippen LogP contribution < -0.4 is 10.6 Å². The molecule has 6 nitrogen and oxygen atoms in total. The van der Waals surface area contributed by atoms with E-state index in [0.29, 0.717) is 39.2 Å². The molecule has 0 unspecified atom stereocenters. The Kier molecular flexibility index (Phi) is 11.3. The average Bonchev–Trinajstić information content (AvgIpc) is 3.77. The van der Waals surface area contributed by atoms with Crippen molar-refractivity contribution in [3.63, 3.8) is 0 Å². The van der Waals surface area contributed by atoms with Gasteiger partial charge in [-0.3, -0.25) is 9.59 Å².